The molecule has 1 aromatic rings. The number of hydrogen-bond acceptors (Lipinski definition) is 2. The van der Waals surface area contributed by atoms with Gasteiger partial charge in [-0.25, -0.2) is 0 Å². The molecule has 0 fully saturated rings. The Morgan fingerprint density at radius 3 is 2.47 bits per heavy atom. The van der Waals surface area contributed by atoms with Crippen molar-refractivity contribution in [2.75, 3.05) is 6.54 Å². The van der Waals surface area contributed by atoms with Gasteiger partial charge in [0.05, 0.1) is 5.69 Å². The van der Waals surface area contributed by atoms with E-state index < -0.39 is 0 Å². The van der Waals surface area contributed by atoms with Gasteiger partial charge in [0.1, 0.15) is 0 Å². The van der Waals surface area contributed by atoms with Crippen LogP contribution in [-0.4, -0.2) is 22.4 Å². The monoisotopic (exact) mass is 237 g/mol. The smallest absolute Gasteiger partial charge is 0.0628 e. The second-order valence-electron chi connectivity index (χ2n) is 5.04. The maximum Gasteiger partial charge on any atom is 0.0628 e. The van der Waals surface area contributed by atoms with E-state index >= 15 is 0 Å². The van der Waals surface area contributed by atoms with Crippen LogP contribution in [0.3, 0.4) is 0 Å². The van der Waals surface area contributed by atoms with Crippen LogP contribution in [0.2, 0.25) is 0 Å². The number of nitrogens with zero attached hydrogens (tertiary/aromatic N) is 2. The minimum atomic E-state index is 0.593. The summed E-state index contributed by atoms with van der Waals surface area (Å²) in [6.07, 6.45) is 3.51. The molecule has 0 amide bonds. The highest BCUT2D eigenvalue weighted by atomic mass is 15.3. The standard InChI is InChI=1S/C14H27N3/c1-6-14-12(4)16-17(13(14)5)10-8-7-9-15-11(2)3/h11,15H,6-10H2,1-5H3. The molecule has 0 saturated carbocycles. The molecule has 1 N–H and O–H groups in total. The Balaban J connectivity index is 2.37. The van der Waals surface area contributed by atoms with Gasteiger partial charge in [0.15, 0.2) is 0 Å². The highest BCUT2D eigenvalue weighted by Gasteiger charge is 2.08. The number of aryl methyl sites for hydroxylation is 2. The fourth-order valence-corrected chi connectivity index (χ4v) is 2.24. The molecule has 98 valence electrons. The SMILES string of the molecule is CCc1c(C)nn(CCCCNC(C)C)c1C. The number of hydrogen-bond donors (Lipinski definition) is 1. The zero-order chi connectivity index (χ0) is 12.8. The lowest BCUT2D eigenvalue weighted by atomic mass is 10.1. The largest absolute Gasteiger partial charge is 0.315 e. The third kappa shape index (κ3) is 4.15. The summed E-state index contributed by atoms with van der Waals surface area (Å²) in [5, 5.41) is 8.05. The van der Waals surface area contributed by atoms with Crippen LogP contribution in [0.1, 0.15) is 50.6 Å². The molecule has 1 heterocycles. The van der Waals surface area contributed by atoms with Crippen LogP contribution in [0.4, 0.5) is 0 Å². The van der Waals surface area contributed by atoms with E-state index in [1.54, 1.807) is 0 Å². The van der Waals surface area contributed by atoms with Gasteiger partial charge in [-0.1, -0.05) is 20.8 Å². The van der Waals surface area contributed by atoms with Crippen molar-refractivity contribution in [2.45, 2.75) is 66.5 Å². The average Bonchev–Trinajstić information content (AvgIpc) is 2.53. The number of nitrogens with one attached hydrogen (secondary N) is 1. The fraction of sp³-hybridized carbons (Fsp3) is 0.786. The molecule has 1 rings (SSSR count). The minimum absolute atomic E-state index is 0.593. The van der Waals surface area contributed by atoms with Gasteiger partial charge in [0.25, 0.3) is 0 Å². The Bertz CT molecular complexity index is 339. The summed E-state index contributed by atoms with van der Waals surface area (Å²) in [4.78, 5) is 0. The topological polar surface area (TPSA) is 29.9 Å². The molecule has 0 atom stereocenters. The van der Waals surface area contributed by atoms with Crippen molar-refractivity contribution in [3.8, 4) is 0 Å². The Kier molecular flexibility index (Phi) is 5.69. The summed E-state index contributed by atoms with van der Waals surface area (Å²) in [7, 11) is 0. The number of aromatic nitrogens is 2. The van der Waals surface area contributed by atoms with Crippen molar-refractivity contribution in [3.05, 3.63) is 17.0 Å². The summed E-state index contributed by atoms with van der Waals surface area (Å²) < 4.78 is 2.17. The number of unbranched alkanes of at least 4 members (excludes halogenated alkanes) is 1. The van der Waals surface area contributed by atoms with Crippen molar-refractivity contribution in [1.82, 2.24) is 15.1 Å². The van der Waals surface area contributed by atoms with Gasteiger partial charge in [-0.05, 0) is 45.2 Å². The van der Waals surface area contributed by atoms with Crippen LogP contribution in [0.25, 0.3) is 0 Å². The molecule has 17 heavy (non-hydrogen) atoms. The molecular weight excluding hydrogens is 210 g/mol. The molecule has 0 unspecified atom stereocenters. The van der Waals surface area contributed by atoms with Gasteiger partial charge in [0, 0.05) is 18.3 Å². The lowest BCUT2D eigenvalue weighted by molar-refractivity contribution is 0.505. The van der Waals surface area contributed by atoms with Crippen molar-refractivity contribution in [3.63, 3.8) is 0 Å². The highest BCUT2D eigenvalue weighted by Crippen LogP contribution is 2.13. The zero-order valence-electron chi connectivity index (χ0n) is 12.0. The Morgan fingerprint density at radius 1 is 1.24 bits per heavy atom. The predicted octanol–water partition coefficient (Wildman–Crippen LogP) is 2.84. The van der Waals surface area contributed by atoms with E-state index in [1.807, 2.05) is 0 Å². The summed E-state index contributed by atoms with van der Waals surface area (Å²) in [5.74, 6) is 0. The van der Waals surface area contributed by atoms with Crippen LogP contribution in [0.5, 0.6) is 0 Å². The van der Waals surface area contributed by atoms with Crippen molar-refractivity contribution < 1.29 is 0 Å². The average molecular weight is 237 g/mol. The highest BCUT2D eigenvalue weighted by molar-refractivity contribution is 5.24. The zero-order valence-corrected chi connectivity index (χ0v) is 12.0. The normalized spacial score (nSPS) is 11.4. The summed E-state index contributed by atoms with van der Waals surface area (Å²) >= 11 is 0. The Labute approximate surface area is 106 Å². The van der Waals surface area contributed by atoms with Gasteiger partial charge in [-0.3, -0.25) is 4.68 Å². The van der Waals surface area contributed by atoms with E-state index in [2.05, 4.69) is 49.7 Å². The molecule has 0 saturated heterocycles. The molecular formula is C14H27N3. The number of rotatable bonds is 7. The third-order valence-corrected chi connectivity index (χ3v) is 3.23. The second kappa shape index (κ2) is 6.80. The molecule has 1 aromatic heterocycles. The molecule has 0 aliphatic heterocycles. The van der Waals surface area contributed by atoms with Gasteiger partial charge in [-0.2, -0.15) is 5.10 Å². The maximum absolute atomic E-state index is 4.61. The second-order valence-corrected chi connectivity index (χ2v) is 5.04. The molecule has 0 aliphatic rings. The Hall–Kier alpha value is -0.830. The molecule has 0 aliphatic carbocycles. The van der Waals surface area contributed by atoms with E-state index in [1.165, 1.54) is 29.8 Å². The molecule has 0 bridgehead atoms. The van der Waals surface area contributed by atoms with Crippen LogP contribution < -0.4 is 5.32 Å². The molecule has 3 heteroatoms. The molecule has 3 nitrogen and oxygen atoms in total. The molecule has 0 aromatic carbocycles. The lowest BCUT2D eigenvalue weighted by Crippen LogP contribution is -2.23. The third-order valence-electron chi connectivity index (χ3n) is 3.23. The van der Waals surface area contributed by atoms with Crippen LogP contribution in [0.15, 0.2) is 0 Å². The first-order valence-electron chi connectivity index (χ1n) is 6.82. The van der Waals surface area contributed by atoms with Gasteiger partial charge < -0.3 is 5.32 Å². The minimum Gasteiger partial charge on any atom is -0.315 e. The summed E-state index contributed by atoms with van der Waals surface area (Å²) in [5.41, 5.74) is 3.97. The predicted molar refractivity (Wildman–Crippen MR) is 73.5 cm³/mol. The van der Waals surface area contributed by atoms with Crippen LogP contribution >= 0.6 is 0 Å². The van der Waals surface area contributed by atoms with Gasteiger partial charge in [0.2, 0.25) is 0 Å². The van der Waals surface area contributed by atoms with E-state index in [9.17, 15) is 0 Å². The molecule has 0 spiro atoms. The van der Waals surface area contributed by atoms with Crippen LogP contribution in [-0.2, 0) is 13.0 Å². The van der Waals surface area contributed by atoms with E-state index in [-0.39, 0.29) is 0 Å². The van der Waals surface area contributed by atoms with Crippen LogP contribution in [0, 0.1) is 13.8 Å². The summed E-state index contributed by atoms with van der Waals surface area (Å²) in [6.45, 7) is 13.0. The molecule has 0 radical (unpaired) electrons. The van der Waals surface area contributed by atoms with Gasteiger partial charge in [-0.15, -0.1) is 0 Å². The van der Waals surface area contributed by atoms with Crippen molar-refractivity contribution in [1.29, 1.82) is 0 Å². The van der Waals surface area contributed by atoms with E-state index in [0.29, 0.717) is 6.04 Å². The lowest BCUT2D eigenvalue weighted by Gasteiger charge is -2.08. The first-order chi connectivity index (χ1) is 8.06. The first kappa shape index (κ1) is 14.2. The quantitative estimate of drug-likeness (QED) is 0.739. The van der Waals surface area contributed by atoms with Crippen molar-refractivity contribution >= 4 is 0 Å². The van der Waals surface area contributed by atoms with Crippen molar-refractivity contribution in [2.24, 2.45) is 0 Å². The fourth-order valence-electron chi connectivity index (χ4n) is 2.24. The van der Waals surface area contributed by atoms with E-state index in [0.717, 1.165) is 19.5 Å². The van der Waals surface area contributed by atoms with E-state index in [4.69, 9.17) is 0 Å². The van der Waals surface area contributed by atoms with Gasteiger partial charge >= 0.3 is 0 Å². The summed E-state index contributed by atoms with van der Waals surface area (Å²) in [6, 6.07) is 0.593. The first-order valence-corrected chi connectivity index (χ1v) is 6.82. The Morgan fingerprint density at radius 2 is 1.94 bits per heavy atom. The maximum atomic E-state index is 4.61.